The first kappa shape index (κ1) is 14.7. The molecule has 0 saturated carbocycles. The summed E-state index contributed by atoms with van der Waals surface area (Å²) in [6.45, 7) is -0.280. The van der Waals surface area contributed by atoms with Gasteiger partial charge in [0.1, 0.15) is 0 Å². The van der Waals surface area contributed by atoms with Crippen molar-refractivity contribution >= 4 is 5.69 Å². The van der Waals surface area contributed by atoms with Gasteiger partial charge in [0.25, 0.3) is 5.69 Å². The number of rotatable bonds is 5. The molecule has 0 aromatic heterocycles. The van der Waals surface area contributed by atoms with E-state index in [1.807, 2.05) is 0 Å². The van der Waals surface area contributed by atoms with Gasteiger partial charge in [-0.2, -0.15) is 0 Å². The molecule has 2 rings (SSSR count). The van der Waals surface area contributed by atoms with E-state index in [-0.39, 0.29) is 29.5 Å². The highest BCUT2D eigenvalue weighted by molar-refractivity contribution is 5.50. The van der Waals surface area contributed by atoms with Crippen LogP contribution in [0.4, 0.5) is 10.1 Å². The number of halogens is 1. The van der Waals surface area contributed by atoms with Crippen LogP contribution in [0, 0.1) is 15.9 Å². The summed E-state index contributed by atoms with van der Waals surface area (Å²) in [6, 6.07) is 7.77. The van der Waals surface area contributed by atoms with Crippen LogP contribution >= 0.6 is 0 Å². The Balaban J connectivity index is 2.33. The van der Waals surface area contributed by atoms with Crippen molar-refractivity contribution in [3.63, 3.8) is 0 Å². The van der Waals surface area contributed by atoms with Crippen LogP contribution < -0.4 is 9.47 Å². The van der Waals surface area contributed by atoms with E-state index in [0.29, 0.717) is 5.56 Å². The molecule has 0 aliphatic heterocycles. The summed E-state index contributed by atoms with van der Waals surface area (Å²) in [5.41, 5.74) is 0.255. The van der Waals surface area contributed by atoms with Crippen LogP contribution in [0.15, 0.2) is 36.4 Å². The van der Waals surface area contributed by atoms with Crippen molar-refractivity contribution in [2.45, 2.75) is 6.61 Å². The predicted molar refractivity (Wildman–Crippen MR) is 72.0 cm³/mol. The zero-order chi connectivity index (χ0) is 15.4. The minimum absolute atomic E-state index is 0.0700. The summed E-state index contributed by atoms with van der Waals surface area (Å²) in [5, 5.41) is 19.6. The lowest BCUT2D eigenvalue weighted by molar-refractivity contribution is -0.384. The molecule has 2 aromatic carbocycles. The lowest BCUT2D eigenvalue weighted by atomic mass is 10.2. The minimum Gasteiger partial charge on any atom is -0.493 e. The summed E-state index contributed by atoms with van der Waals surface area (Å²) in [6.07, 6.45) is 0. The maximum Gasteiger partial charge on any atom is 0.273 e. The molecule has 21 heavy (non-hydrogen) atoms. The second-order valence-electron chi connectivity index (χ2n) is 4.12. The highest BCUT2D eigenvalue weighted by atomic mass is 19.1. The van der Waals surface area contributed by atoms with Gasteiger partial charge < -0.3 is 14.6 Å². The third-order valence-electron chi connectivity index (χ3n) is 2.76. The van der Waals surface area contributed by atoms with Gasteiger partial charge in [-0.15, -0.1) is 0 Å². The third kappa shape index (κ3) is 3.26. The number of benzene rings is 2. The summed E-state index contributed by atoms with van der Waals surface area (Å²) in [7, 11) is 1.33. The van der Waals surface area contributed by atoms with Gasteiger partial charge >= 0.3 is 0 Å². The van der Waals surface area contributed by atoms with E-state index in [4.69, 9.17) is 14.6 Å². The molecule has 0 amide bonds. The Hall–Kier alpha value is -2.67. The Bertz CT molecular complexity index is 674. The van der Waals surface area contributed by atoms with E-state index < -0.39 is 10.7 Å². The summed E-state index contributed by atoms with van der Waals surface area (Å²) < 4.78 is 24.1. The first-order valence-corrected chi connectivity index (χ1v) is 5.94. The van der Waals surface area contributed by atoms with Gasteiger partial charge in [0.2, 0.25) is 0 Å². The van der Waals surface area contributed by atoms with Gasteiger partial charge in [0, 0.05) is 6.07 Å². The summed E-state index contributed by atoms with van der Waals surface area (Å²) in [5.74, 6) is -0.449. The van der Waals surface area contributed by atoms with Crippen molar-refractivity contribution in [3.05, 3.63) is 57.9 Å². The van der Waals surface area contributed by atoms with Crippen molar-refractivity contribution < 1.29 is 23.9 Å². The van der Waals surface area contributed by atoms with E-state index >= 15 is 0 Å². The number of aliphatic hydroxyl groups is 1. The number of hydrogen-bond donors (Lipinski definition) is 1. The predicted octanol–water partition coefficient (Wildman–Crippen LogP) is 3.03. The van der Waals surface area contributed by atoms with Gasteiger partial charge in [0.15, 0.2) is 23.1 Å². The largest absolute Gasteiger partial charge is 0.493 e. The Labute approximate surface area is 119 Å². The SMILES string of the molecule is COc1cc([N+](=O)[O-])ccc1Oc1ccc(CO)cc1F. The highest BCUT2D eigenvalue weighted by Gasteiger charge is 2.14. The molecule has 6 nitrogen and oxygen atoms in total. The topological polar surface area (TPSA) is 81.8 Å². The van der Waals surface area contributed by atoms with E-state index in [1.165, 1.54) is 37.4 Å². The quantitative estimate of drug-likeness (QED) is 0.677. The van der Waals surface area contributed by atoms with E-state index in [9.17, 15) is 14.5 Å². The Kier molecular flexibility index (Phi) is 4.34. The fourth-order valence-electron chi connectivity index (χ4n) is 1.70. The second kappa shape index (κ2) is 6.19. The van der Waals surface area contributed by atoms with Crippen LogP contribution in [0.3, 0.4) is 0 Å². The summed E-state index contributed by atoms with van der Waals surface area (Å²) >= 11 is 0. The maximum atomic E-state index is 13.8. The maximum absolute atomic E-state index is 13.8. The number of nitro groups is 1. The fraction of sp³-hybridized carbons (Fsp3) is 0.143. The highest BCUT2D eigenvalue weighted by Crippen LogP contribution is 2.35. The summed E-state index contributed by atoms with van der Waals surface area (Å²) in [4.78, 5) is 10.1. The molecule has 0 atom stereocenters. The molecule has 0 aliphatic carbocycles. The molecule has 0 fully saturated rings. The van der Waals surface area contributed by atoms with Gasteiger partial charge in [-0.25, -0.2) is 4.39 Å². The average molecular weight is 293 g/mol. The monoisotopic (exact) mass is 293 g/mol. The van der Waals surface area contributed by atoms with Crippen LogP contribution in [-0.2, 0) is 6.61 Å². The third-order valence-corrected chi connectivity index (χ3v) is 2.76. The zero-order valence-electron chi connectivity index (χ0n) is 11.1. The zero-order valence-corrected chi connectivity index (χ0v) is 11.1. The molecule has 0 unspecified atom stereocenters. The molecule has 0 bridgehead atoms. The molecular weight excluding hydrogens is 281 g/mol. The van der Waals surface area contributed by atoms with Gasteiger partial charge in [0.05, 0.1) is 24.7 Å². The second-order valence-corrected chi connectivity index (χ2v) is 4.12. The number of non-ortho nitro benzene ring substituents is 1. The van der Waals surface area contributed by atoms with Gasteiger partial charge in [-0.3, -0.25) is 10.1 Å². The fourth-order valence-corrected chi connectivity index (χ4v) is 1.70. The van der Waals surface area contributed by atoms with Crippen LogP contribution in [0.1, 0.15) is 5.56 Å². The van der Waals surface area contributed by atoms with Crippen molar-refractivity contribution in [3.8, 4) is 17.2 Å². The smallest absolute Gasteiger partial charge is 0.273 e. The van der Waals surface area contributed by atoms with E-state index in [1.54, 1.807) is 0 Å². The molecule has 0 heterocycles. The molecule has 7 heteroatoms. The average Bonchev–Trinajstić information content (AvgIpc) is 2.49. The number of aliphatic hydroxyl groups excluding tert-OH is 1. The first-order chi connectivity index (χ1) is 10.0. The molecule has 0 aliphatic rings. The Morgan fingerprint density at radius 2 is 1.90 bits per heavy atom. The van der Waals surface area contributed by atoms with Crippen LogP contribution in [0.2, 0.25) is 0 Å². The Morgan fingerprint density at radius 3 is 2.48 bits per heavy atom. The number of hydrogen-bond acceptors (Lipinski definition) is 5. The molecular formula is C14H12FNO5. The first-order valence-electron chi connectivity index (χ1n) is 5.94. The lowest BCUT2D eigenvalue weighted by Gasteiger charge is -2.11. The van der Waals surface area contributed by atoms with Crippen LogP contribution in [-0.4, -0.2) is 17.1 Å². The van der Waals surface area contributed by atoms with Crippen molar-refractivity contribution in [1.29, 1.82) is 0 Å². The Morgan fingerprint density at radius 1 is 1.19 bits per heavy atom. The molecule has 0 saturated heterocycles. The number of methoxy groups -OCH3 is 1. The van der Waals surface area contributed by atoms with Crippen LogP contribution in [0.5, 0.6) is 17.2 Å². The van der Waals surface area contributed by atoms with E-state index in [2.05, 4.69) is 0 Å². The standard InChI is InChI=1S/C14H12FNO5/c1-20-14-7-10(16(18)19)3-5-13(14)21-12-4-2-9(8-17)6-11(12)15/h2-7,17H,8H2,1H3. The molecule has 1 N–H and O–H groups in total. The molecule has 0 radical (unpaired) electrons. The number of nitrogens with zero attached hydrogens (tertiary/aromatic N) is 1. The van der Waals surface area contributed by atoms with E-state index in [0.717, 1.165) is 6.07 Å². The van der Waals surface area contributed by atoms with Crippen LogP contribution in [0.25, 0.3) is 0 Å². The van der Waals surface area contributed by atoms with Crippen molar-refractivity contribution in [2.75, 3.05) is 7.11 Å². The normalized spacial score (nSPS) is 10.2. The molecule has 110 valence electrons. The van der Waals surface area contributed by atoms with Gasteiger partial charge in [-0.1, -0.05) is 6.07 Å². The number of ether oxygens (including phenoxy) is 2. The molecule has 0 spiro atoms. The van der Waals surface area contributed by atoms with Gasteiger partial charge in [-0.05, 0) is 23.8 Å². The lowest BCUT2D eigenvalue weighted by Crippen LogP contribution is -1.95. The minimum atomic E-state index is -0.651. The number of nitro benzene ring substituents is 1. The molecule has 2 aromatic rings. The van der Waals surface area contributed by atoms with Crippen molar-refractivity contribution in [2.24, 2.45) is 0 Å². The van der Waals surface area contributed by atoms with Crippen molar-refractivity contribution in [1.82, 2.24) is 0 Å².